The fourth-order valence-corrected chi connectivity index (χ4v) is 1.30. The van der Waals surface area contributed by atoms with E-state index in [1.54, 1.807) is 0 Å². The first kappa shape index (κ1) is 8.53. The van der Waals surface area contributed by atoms with E-state index in [1.807, 2.05) is 6.92 Å². The SMILES string of the molecule is CC(=O)O[C@@H]1CCO[C@H](C)C1. The summed E-state index contributed by atoms with van der Waals surface area (Å²) in [6.07, 6.45) is 1.98. The summed E-state index contributed by atoms with van der Waals surface area (Å²) in [5.41, 5.74) is 0. The van der Waals surface area contributed by atoms with Gasteiger partial charge in [0.1, 0.15) is 6.10 Å². The lowest BCUT2D eigenvalue weighted by Crippen LogP contribution is -2.30. The summed E-state index contributed by atoms with van der Waals surface area (Å²) in [6.45, 7) is 4.15. The van der Waals surface area contributed by atoms with Crippen molar-refractivity contribution in [2.75, 3.05) is 6.61 Å². The fourth-order valence-electron chi connectivity index (χ4n) is 1.30. The average Bonchev–Trinajstić information content (AvgIpc) is 1.85. The molecule has 0 aliphatic carbocycles. The third-order valence-corrected chi connectivity index (χ3v) is 1.77. The summed E-state index contributed by atoms with van der Waals surface area (Å²) in [5, 5.41) is 0. The van der Waals surface area contributed by atoms with Gasteiger partial charge in [-0.25, -0.2) is 0 Å². The van der Waals surface area contributed by atoms with Gasteiger partial charge in [0.05, 0.1) is 12.7 Å². The van der Waals surface area contributed by atoms with E-state index in [-0.39, 0.29) is 18.2 Å². The van der Waals surface area contributed by atoms with E-state index in [0.717, 1.165) is 12.8 Å². The summed E-state index contributed by atoms with van der Waals surface area (Å²) >= 11 is 0. The Labute approximate surface area is 66.7 Å². The Bertz CT molecular complexity index is 144. The zero-order valence-corrected chi connectivity index (χ0v) is 7.00. The van der Waals surface area contributed by atoms with Gasteiger partial charge in [-0.2, -0.15) is 0 Å². The zero-order chi connectivity index (χ0) is 8.27. The molecule has 1 rings (SSSR count). The van der Waals surface area contributed by atoms with Crippen LogP contribution in [-0.2, 0) is 14.3 Å². The van der Waals surface area contributed by atoms with Crippen molar-refractivity contribution in [2.24, 2.45) is 0 Å². The minimum Gasteiger partial charge on any atom is -0.462 e. The second kappa shape index (κ2) is 3.72. The average molecular weight is 158 g/mol. The molecule has 0 radical (unpaired) electrons. The highest BCUT2D eigenvalue weighted by Gasteiger charge is 2.20. The quantitative estimate of drug-likeness (QED) is 0.536. The predicted molar refractivity (Wildman–Crippen MR) is 40.2 cm³/mol. The highest BCUT2D eigenvalue weighted by molar-refractivity contribution is 5.66. The topological polar surface area (TPSA) is 35.5 Å². The highest BCUT2D eigenvalue weighted by Crippen LogP contribution is 2.16. The van der Waals surface area contributed by atoms with Gasteiger partial charge in [0, 0.05) is 19.8 Å². The molecule has 64 valence electrons. The van der Waals surface area contributed by atoms with Crippen molar-refractivity contribution in [2.45, 2.75) is 38.9 Å². The van der Waals surface area contributed by atoms with Crippen LogP contribution in [0.2, 0.25) is 0 Å². The summed E-state index contributed by atoms with van der Waals surface area (Å²) < 4.78 is 10.3. The van der Waals surface area contributed by atoms with Crippen molar-refractivity contribution in [3.63, 3.8) is 0 Å². The van der Waals surface area contributed by atoms with E-state index >= 15 is 0 Å². The Morgan fingerprint density at radius 2 is 2.36 bits per heavy atom. The smallest absolute Gasteiger partial charge is 0.302 e. The lowest BCUT2D eigenvalue weighted by atomic mass is 10.1. The van der Waals surface area contributed by atoms with Crippen LogP contribution >= 0.6 is 0 Å². The third kappa shape index (κ3) is 2.89. The van der Waals surface area contributed by atoms with Gasteiger partial charge in [-0.3, -0.25) is 4.79 Å². The number of rotatable bonds is 1. The van der Waals surface area contributed by atoms with Crippen LogP contribution in [0.4, 0.5) is 0 Å². The summed E-state index contributed by atoms with van der Waals surface area (Å²) in [4.78, 5) is 10.6. The van der Waals surface area contributed by atoms with Gasteiger partial charge in [-0.15, -0.1) is 0 Å². The maximum absolute atomic E-state index is 10.6. The van der Waals surface area contributed by atoms with Crippen molar-refractivity contribution in [1.82, 2.24) is 0 Å². The van der Waals surface area contributed by atoms with E-state index in [1.165, 1.54) is 6.92 Å². The van der Waals surface area contributed by atoms with Gasteiger partial charge in [0.25, 0.3) is 0 Å². The van der Waals surface area contributed by atoms with E-state index in [0.29, 0.717) is 6.61 Å². The molecule has 3 nitrogen and oxygen atoms in total. The monoisotopic (exact) mass is 158 g/mol. The van der Waals surface area contributed by atoms with Crippen molar-refractivity contribution in [3.05, 3.63) is 0 Å². The number of carbonyl (C=O) groups excluding carboxylic acids is 1. The molecule has 1 aliphatic rings. The first-order valence-electron chi connectivity index (χ1n) is 3.97. The number of carbonyl (C=O) groups is 1. The molecule has 0 aromatic carbocycles. The summed E-state index contributed by atoms with van der Waals surface area (Å²) in [7, 11) is 0. The van der Waals surface area contributed by atoms with Crippen LogP contribution in [0.1, 0.15) is 26.7 Å². The predicted octanol–water partition coefficient (Wildman–Crippen LogP) is 1.12. The van der Waals surface area contributed by atoms with Crippen LogP contribution in [0, 0.1) is 0 Å². The molecule has 2 atom stereocenters. The van der Waals surface area contributed by atoms with Gasteiger partial charge >= 0.3 is 5.97 Å². The molecule has 0 spiro atoms. The molecule has 3 heteroatoms. The molecular formula is C8H14O3. The minimum absolute atomic E-state index is 0.0799. The van der Waals surface area contributed by atoms with Crippen LogP contribution < -0.4 is 0 Å². The first-order valence-corrected chi connectivity index (χ1v) is 3.97. The molecule has 1 fully saturated rings. The van der Waals surface area contributed by atoms with Crippen LogP contribution in [0.15, 0.2) is 0 Å². The van der Waals surface area contributed by atoms with Crippen molar-refractivity contribution < 1.29 is 14.3 Å². The van der Waals surface area contributed by atoms with Crippen LogP contribution in [-0.4, -0.2) is 24.8 Å². The zero-order valence-electron chi connectivity index (χ0n) is 7.00. The summed E-state index contributed by atoms with van der Waals surface area (Å²) in [5.74, 6) is -0.191. The number of ether oxygens (including phenoxy) is 2. The lowest BCUT2D eigenvalue weighted by Gasteiger charge is -2.26. The van der Waals surface area contributed by atoms with Crippen LogP contribution in [0.3, 0.4) is 0 Å². The van der Waals surface area contributed by atoms with Crippen molar-refractivity contribution in [3.8, 4) is 0 Å². The van der Waals surface area contributed by atoms with E-state index in [9.17, 15) is 4.79 Å². The maximum Gasteiger partial charge on any atom is 0.302 e. The minimum atomic E-state index is -0.191. The molecule has 0 aromatic rings. The molecule has 0 N–H and O–H groups in total. The Kier molecular flexibility index (Phi) is 2.88. The maximum atomic E-state index is 10.6. The molecule has 0 aromatic heterocycles. The second-order valence-electron chi connectivity index (χ2n) is 2.94. The molecule has 0 saturated carbocycles. The molecule has 0 unspecified atom stereocenters. The largest absolute Gasteiger partial charge is 0.462 e. The number of hydrogen-bond donors (Lipinski definition) is 0. The van der Waals surface area contributed by atoms with Crippen molar-refractivity contribution >= 4 is 5.97 Å². The molecule has 11 heavy (non-hydrogen) atoms. The van der Waals surface area contributed by atoms with E-state index in [2.05, 4.69) is 0 Å². The standard InChI is InChI=1S/C8H14O3/c1-6-5-8(3-4-10-6)11-7(2)9/h6,8H,3-5H2,1-2H3/t6-,8-/m1/s1. The summed E-state index contributed by atoms with van der Waals surface area (Å²) in [6, 6.07) is 0. The Morgan fingerprint density at radius 3 is 2.91 bits per heavy atom. The van der Waals surface area contributed by atoms with Crippen molar-refractivity contribution in [1.29, 1.82) is 0 Å². The molecule has 1 aliphatic heterocycles. The number of esters is 1. The highest BCUT2D eigenvalue weighted by atomic mass is 16.6. The van der Waals surface area contributed by atoms with Crippen LogP contribution in [0.5, 0.6) is 0 Å². The Morgan fingerprint density at radius 1 is 1.64 bits per heavy atom. The molecule has 0 amide bonds. The molecule has 1 heterocycles. The van der Waals surface area contributed by atoms with Gasteiger partial charge in [-0.05, 0) is 6.92 Å². The fraction of sp³-hybridized carbons (Fsp3) is 0.875. The number of hydrogen-bond acceptors (Lipinski definition) is 3. The van der Waals surface area contributed by atoms with E-state index < -0.39 is 0 Å². The normalized spacial score (nSPS) is 31.5. The third-order valence-electron chi connectivity index (χ3n) is 1.77. The Balaban J connectivity index is 2.28. The van der Waals surface area contributed by atoms with Gasteiger partial charge < -0.3 is 9.47 Å². The lowest BCUT2D eigenvalue weighted by molar-refractivity contribution is -0.152. The first-order chi connectivity index (χ1) is 5.18. The van der Waals surface area contributed by atoms with Gasteiger partial charge in [0.2, 0.25) is 0 Å². The van der Waals surface area contributed by atoms with Gasteiger partial charge in [-0.1, -0.05) is 0 Å². The van der Waals surface area contributed by atoms with E-state index in [4.69, 9.17) is 9.47 Å². The molecule has 1 saturated heterocycles. The Hall–Kier alpha value is -0.570. The van der Waals surface area contributed by atoms with Gasteiger partial charge in [0.15, 0.2) is 0 Å². The molecular weight excluding hydrogens is 144 g/mol. The molecule has 0 bridgehead atoms. The second-order valence-corrected chi connectivity index (χ2v) is 2.94. The van der Waals surface area contributed by atoms with Crippen LogP contribution in [0.25, 0.3) is 0 Å².